The van der Waals surface area contributed by atoms with Crippen LogP contribution in [0.1, 0.15) is 24.2 Å². The number of nitrogens with zero attached hydrogens (tertiary/aromatic N) is 1. The van der Waals surface area contributed by atoms with Crippen molar-refractivity contribution in [3.8, 4) is 5.75 Å². The van der Waals surface area contributed by atoms with Gasteiger partial charge >= 0.3 is 0 Å². The molecule has 0 saturated heterocycles. The van der Waals surface area contributed by atoms with E-state index in [4.69, 9.17) is 16.3 Å². The highest BCUT2D eigenvalue weighted by atomic mass is 35.5. The molecule has 18 heavy (non-hydrogen) atoms. The predicted molar refractivity (Wildman–Crippen MR) is 70.7 cm³/mol. The Balaban J connectivity index is 2.07. The summed E-state index contributed by atoms with van der Waals surface area (Å²) >= 11 is 5.99. The first kappa shape index (κ1) is 12.9. The topological polar surface area (TPSA) is 42.4 Å². The summed E-state index contributed by atoms with van der Waals surface area (Å²) in [7, 11) is 0. The third-order valence-electron chi connectivity index (χ3n) is 2.59. The van der Waals surface area contributed by atoms with Gasteiger partial charge in [0.1, 0.15) is 12.4 Å². The minimum absolute atomic E-state index is 0.380. The summed E-state index contributed by atoms with van der Waals surface area (Å²) in [5.41, 5.74) is 1.71. The maximum absolute atomic E-state index is 9.49. The third kappa shape index (κ3) is 3.22. The van der Waals surface area contributed by atoms with E-state index in [0.717, 1.165) is 11.1 Å². The van der Waals surface area contributed by atoms with Gasteiger partial charge in [0.15, 0.2) is 0 Å². The molecule has 0 aliphatic carbocycles. The number of hydrogen-bond donors (Lipinski definition) is 1. The molecule has 94 valence electrons. The fourth-order valence-corrected chi connectivity index (χ4v) is 1.72. The van der Waals surface area contributed by atoms with Crippen LogP contribution in [0.3, 0.4) is 0 Å². The molecular weight excluding hydrogens is 250 g/mol. The van der Waals surface area contributed by atoms with Crippen LogP contribution in [0, 0.1) is 0 Å². The van der Waals surface area contributed by atoms with Crippen molar-refractivity contribution in [3.05, 3.63) is 58.9 Å². The van der Waals surface area contributed by atoms with Crippen LogP contribution in [0.15, 0.2) is 42.7 Å². The van der Waals surface area contributed by atoms with Crippen LogP contribution in [-0.4, -0.2) is 10.1 Å². The van der Waals surface area contributed by atoms with Crippen molar-refractivity contribution in [3.63, 3.8) is 0 Å². The smallest absolute Gasteiger partial charge is 0.120 e. The van der Waals surface area contributed by atoms with Crippen LogP contribution in [0.25, 0.3) is 0 Å². The number of aliphatic hydroxyl groups excluding tert-OH is 1. The van der Waals surface area contributed by atoms with Gasteiger partial charge in [-0.3, -0.25) is 4.98 Å². The Morgan fingerprint density at radius 2 is 2.22 bits per heavy atom. The Kier molecular flexibility index (Phi) is 4.18. The minimum Gasteiger partial charge on any atom is -0.489 e. The molecule has 1 unspecified atom stereocenters. The molecule has 0 radical (unpaired) electrons. The number of aromatic nitrogens is 1. The number of halogens is 1. The lowest BCUT2D eigenvalue weighted by molar-refractivity contribution is 0.198. The first-order chi connectivity index (χ1) is 8.66. The molecule has 1 N–H and O–H groups in total. The molecule has 1 heterocycles. The number of rotatable bonds is 4. The molecule has 2 aromatic rings. The lowest BCUT2D eigenvalue weighted by Crippen LogP contribution is -1.98. The van der Waals surface area contributed by atoms with Crippen LogP contribution in [0.5, 0.6) is 5.75 Å². The SMILES string of the molecule is CC(O)c1cccc(OCc2ccncc2Cl)c1. The molecule has 0 bridgehead atoms. The number of benzene rings is 1. The van der Waals surface area contributed by atoms with Gasteiger partial charge in [-0.25, -0.2) is 0 Å². The van der Waals surface area contributed by atoms with Crippen molar-refractivity contribution in [1.29, 1.82) is 0 Å². The summed E-state index contributed by atoms with van der Waals surface area (Å²) in [6, 6.07) is 9.20. The van der Waals surface area contributed by atoms with E-state index in [1.54, 1.807) is 19.3 Å². The molecule has 0 aliphatic heterocycles. The molecule has 2 rings (SSSR count). The van der Waals surface area contributed by atoms with E-state index in [-0.39, 0.29) is 0 Å². The zero-order valence-electron chi connectivity index (χ0n) is 10.0. The zero-order valence-corrected chi connectivity index (χ0v) is 10.8. The lowest BCUT2D eigenvalue weighted by Gasteiger charge is -2.10. The van der Waals surface area contributed by atoms with E-state index < -0.39 is 6.10 Å². The molecule has 1 aromatic carbocycles. The molecular formula is C14H14ClNO2. The number of ether oxygens (including phenoxy) is 1. The van der Waals surface area contributed by atoms with E-state index in [1.165, 1.54) is 0 Å². The number of hydrogen-bond acceptors (Lipinski definition) is 3. The summed E-state index contributed by atoms with van der Waals surface area (Å²) in [5, 5.41) is 10.1. The van der Waals surface area contributed by atoms with Crippen molar-refractivity contribution < 1.29 is 9.84 Å². The van der Waals surface area contributed by atoms with Gasteiger partial charge in [0.2, 0.25) is 0 Å². The van der Waals surface area contributed by atoms with Crippen molar-refractivity contribution in [2.24, 2.45) is 0 Å². The molecule has 1 aromatic heterocycles. The zero-order chi connectivity index (χ0) is 13.0. The Bertz CT molecular complexity index is 529. The largest absolute Gasteiger partial charge is 0.489 e. The van der Waals surface area contributed by atoms with Crippen LogP contribution in [-0.2, 0) is 6.61 Å². The normalized spacial score (nSPS) is 12.2. The van der Waals surface area contributed by atoms with Gasteiger partial charge < -0.3 is 9.84 Å². The Hall–Kier alpha value is -1.58. The predicted octanol–water partition coefficient (Wildman–Crippen LogP) is 3.37. The molecule has 0 saturated carbocycles. The van der Waals surface area contributed by atoms with Crippen LogP contribution in [0.4, 0.5) is 0 Å². The minimum atomic E-state index is -0.502. The highest BCUT2D eigenvalue weighted by Gasteiger charge is 2.04. The average molecular weight is 264 g/mol. The van der Waals surface area contributed by atoms with Crippen molar-refractivity contribution in [1.82, 2.24) is 4.98 Å². The fraction of sp³-hybridized carbons (Fsp3) is 0.214. The van der Waals surface area contributed by atoms with E-state index in [0.29, 0.717) is 17.4 Å². The highest BCUT2D eigenvalue weighted by molar-refractivity contribution is 6.31. The first-order valence-corrected chi connectivity index (χ1v) is 6.04. The molecule has 0 aliphatic rings. The molecule has 4 heteroatoms. The maximum Gasteiger partial charge on any atom is 0.120 e. The first-order valence-electron chi connectivity index (χ1n) is 5.66. The maximum atomic E-state index is 9.49. The van der Waals surface area contributed by atoms with Gasteiger partial charge in [-0.15, -0.1) is 0 Å². The summed E-state index contributed by atoms with van der Waals surface area (Å²) in [4.78, 5) is 3.92. The van der Waals surface area contributed by atoms with Gasteiger partial charge in [-0.1, -0.05) is 23.7 Å². The van der Waals surface area contributed by atoms with E-state index in [1.807, 2.05) is 30.3 Å². The number of pyridine rings is 1. The second-order valence-electron chi connectivity index (χ2n) is 4.00. The fourth-order valence-electron chi connectivity index (χ4n) is 1.55. The van der Waals surface area contributed by atoms with Gasteiger partial charge in [0.05, 0.1) is 11.1 Å². The Morgan fingerprint density at radius 3 is 2.94 bits per heavy atom. The van der Waals surface area contributed by atoms with E-state index in [9.17, 15) is 5.11 Å². The molecule has 0 spiro atoms. The third-order valence-corrected chi connectivity index (χ3v) is 2.93. The van der Waals surface area contributed by atoms with Gasteiger partial charge in [0, 0.05) is 18.0 Å². The van der Waals surface area contributed by atoms with Crippen molar-refractivity contribution in [2.45, 2.75) is 19.6 Å². The number of aliphatic hydroxyl groups is 1. The summed E-state index contributed by atoms with van der Waals surface area (Å²) in [5.74, 6) is 0.710. The van der Waals surface area contributed by atoms with Crippen molar-refractivity contribution >= 4 is 11.6 Å². The Labute approximate surface area is 111 Å². The van der Waals surface area contributed by atoms with Gasteiger partial charge in [0.25, 0.3) is 0 Å². The van der Waals surface area contributed by atoms with Crippen LogP contribution in [0.2, 0.25) is 5.02 Å². The summed E-state index contributed by atoms with van der Waals surface area (Å²) in [6.07, 6.45) is 2.77. The summed E-state index contributed by atoms with van der Waals surface area (Å²) < 4.78 is 5.64. The van der Waals surface area contributed by atoms with Gasteiger partial charge in [-0.05, 0) is 30.7 Å². The lowest BCUT2D eigenvalue weighted by atomic mass is 10.1. The average Bonchev–Trinajstić information content (AvgIpc) is 2.38. The molecule has 3 nitrogen and oxygen atoms in total. The highest BCUT2D eigenvalue weighted by Crippen LogP contribution is 2.21. The quantitative estimate of drug-likeness (QED) is 0.920. The molecule has 0 amide bonds. The molecule has 1 atom stereocenters. The molecule has 0 fully saturated rings. The van der Waals surface area contributed by atoms with Crippen molar-refractivity contribution in [2.75, 3.05) is 0 Å². The Morgan fingerprint density at radius 1 is 1.39 bits per heavy atom. The second kappa shape index (κ2) is 5.85. The second-order valence-corrected chi connectivity index (χ2v) is 4.41. The van der Waals surface area contributed by atoms with Gasteiger partial charge in [-0.2, -0.15) is 0 Å². The monoisotopic (exact) mass is 263 g/mol. The van der Waals surface area contributed by atoms with E-state index in [2.05, 4.69) is 4.98 Å². The van der Waals surface area contributed by atoms with Crippen LogP contribution < -0.4 is 4.74 Å². The van der Waals surface area contributed by atoms with Crippen LogP contribution >= 0.6 is 11.6 Å². The standard InChI is InChI=1S/C14H14ClNO2/c1-10(17)11-3-2-4-13(7-11)18-9-12-5-6-16-8-14(12)15/h2-8,10,17H,9H2,1H3. The summed E-state index contributed by atoms with van der Waals surface area (Å²) in [6.45, 7) is 2.10. The van der Waals surface area contributed by atoms with E-state index >= 15 is 0 Å².